The number of alkyl halides is 1. The lowest BCUT2D eigenvalue weighted by Gasteiger charge is -2.17. The number of hydrogen-bond donors (Lipinski definition) is 0. The second kappa shape index (κ2) is 5.86. The average Bonchev–Trinajstić information content (AvgIpc) is 2.20. The van der Waals surface area contributed by atoms with Crippen molar-refractivity contribution in [1.29, 1.82) is 0 Å². The van der Waals surface area contributed by atoms with Crippen LogP contribution in [0.3, 0.4) is 0 Å². The molecule has 0 aliphatic carbocycles. The smallest absolute Gasteiger partial charge is 0.124 e. The summed E-state index contributed by atoms with van der Waals surface area (Å²) in [5.74, 6) is 0.189. The molecule has 1 aromatic rings. The predicted octanol–water partition coefficient (Wildman–Crippen LogP) is 4.78. The highest BCUT2D eigenvalue weighted by Crippen LogP contribution is 2.24. The fourth-order valence-electron chi connectivity index (χ4n) is 1.56. The summed E-state index contributed by atoms with van der Waals surface area (Å²) in [6.45, 7) is 4.20. The van der Waals surface area contributed by atoms with Gasteiger partial charge in [-0.05, 0) is 36.5 Å². The van der Waals surface area contributed by atoms with Crippen molar-refractivity contribution in [3.8, 4) is 0 Å². The van der Waals surface area contributed by atoms with E-state index in [0.29, 0.717) is 5.92 Å². The zero-order valence-corrected chi connectivity index (χ0v) is 11.3. The first kappa shape index (κ1) is 13.0. The summed E-state index contributed by atoms with van der Waals surface area (Å²) in [6.07, 6.45) is 1.84. The highest BCUT2D eigenvalue weighted by Gasteiger charge is 2.14. The van der Waals surface area contributed by atoms with E-state index in [1.807, 2.05) is 6.07 Å². The van der Waals surface area contributed by atoms with Gasteiger partial charge < -0.3 is 0 Å². The van der Waals surface area contributed by atoms with Crippen molar-refractivity contribution in [2.45, 2.75) is 32.1 Å². The Bertz CT molecular complexity index is 327. The molecule has 0 bridgehead atoms. The van der Waals surface area contributed by atoms with Crippen molar-refractivity contribution in [3.05, 3.63) is 34.1 Å². The molecular formula is C12H15BrClF. The van der Waals surface area contributed by atoms with Crippen molar-refractivity contribution in [3.63, 3.8) is 0 Å². The summed E-state index contributed by atoms with van der Waals surface area (Å²) in [7, 11) is 0. The molecule has 1 rings (SSSR count). The van der Waals surface area contributed by atoms with E-state index in [-0.39, 0.29) is 11.2 Å². The molecule has 2 atom stereocenters. The first-order valence-electron chi connectivity index (χ1n) is 5.12. The normalized spacial score (nSPS) is 15.0. The van der Waals surface area contributed by atoms with E-state index in [4.69, 9.17) is 11.6 Å². The molecule has 0 fully saturated rings. The molecule has 0 heterocycles. The van der Waals surface area contributed by atoms with Gasteiger partial charge in [-0.1, -0.05) is 35.8 Å². The van der Waals surface area contributed by atoms with Crippen LogP contribution in [-0.2, 0) is 6.42 Å². The molecule has 0 amide bonds. The maximum atomic E-state index is 12.9. The van der Waals surface area contributed by atoms with E-state index >= 15 is 0 Å². The summed E-state index contributed by atoms with van der Waals surface area (Å²) in [5, 5.41) is 0.182. The topological polar surface area (TPSA) is 0 Å². The Morgan fingerprint density at radius 2 is 2.13 bits per heavy atom. The number of hydrogen-bond acceptors (Lipinski definition) is 0. The third-order valence-corrected chi connectivity index (χ3v) is 4.04. The largest absolute Gasteiger partial charge is 0.207 e. The maximum Gasteiger partial charge on any atom is 0.124 e. The van der Waals surface area contributed by atoms with Gasteiger partial charge in [0.1, 0.15) is 5.82 Å². The van der Waals surface area contributed by atoms with E-state index < -0.39 is 0 Å². The third-order valence-electron chi connectivity index (χ3n) is 2.56. The monoisotopic (exact) mass is 292 g/mol. The van der Waals surface area contributed by atoms with Crippen molar-refractivity contribution in [1.82, 2.24) is 0 Å². The van der Waals surface area contributed by atoms with Gasteiger partial charge in [-0.25, -0.2) is 4.39 Å². The Hall–Kier alpha value is -0.0800. The van der Waals surface area contributed by atoms with Gasteiger partial charge in [0, 0.05) is 9.85 Å². The first-order valence-corrected chi connectivity index (χ1v) is 6.35. The van der Waals surface area contributed by atoms with Gasteiger partial charge in [-0.3, -0.25) is 0 Å². The van der Waals surface area contributed by atoms with Crippen LogP contribution >= 0.6 is 27.5 Å². The van der Waals surface area contributed by atoms with E-state index in [1.54, 1.807) is 0 Å². The minimum Gasteiger partial charge on any atom is -0.207 e. The highest BCUT2D eigenvalue weighted by molar-refractivity contribution is 9.10. The average molecular weight is 294 g/mol. The molecule has 0 spiro atoms. The van der Waals surface area contributed by atoms with Crippen LogP contribution in [0.4, 0.5) is 4.39 Å². The number of benzene rings is 1. The van der Waals surface area contributed by atoms with Crippen molar-refractivity contribution in [2.75, 3.05) is 0 Å². The quantitative estimate of drug-likeness (QED) is 0.701. The van der Waals surface area contributed by atoms with Gasteiger partial charge in [0.2, 0.25) is 0 Å². The molecule has 0 aromatic heterocycles. The molecule has 0 nitrogen and oxygen atoms in total. The molecule has 0 radical (unpaired) electrons. The molecule has 15 heavy (non-hydrogen) atoms. The van der Waals surface area contributed by atoms with E-state index in [2.05, 4.69) is 29.8 Å². The summed E-state index contributed by atoms with van der Waals surface area (Å²) < 4.78 is 13.7. The Kier molecular flexibility index (Phi) is 5.07. The molecule has 1 aromatic carbocycles. The molecule has 3 heteroatoms. The van der Waals surface area contributed by atoms with Gasteiger partial charge in [0.05, 0.1) is 0 Å². The molecule has 0 N–H and O–H groups in total. The molecule has 0 saturated heterocycles. The summed E-state index contributed by atoms with van der Waals surface area (Å²) >= 11 is 9.52. The maximum absolute atomic E-state index is 12.9. The fourth-order valence-corrected chi connectivity index (χ4v) is 2.17. The van der Waals surface area contributed by atoms with E-state index in [1.165, 1.54) is 12.1 Å². The van der Waals surface area contributed by atoms with Crippen LogP contribution < -0.4 is 0 Å². The van der Waals surface area contributed by atoms with Gasteiger partial charge in [0.15, 0.2) is 0 Å². The number of halogens is 3. The van der Waals surface area contributed by atoms with Crippen LogP contribution in [0.1, 0.15) is 25.8 Å². The van der Waals surface area contributed by atoms with E-state index in [0.717, 1.165) is 22.9 Å². The second-order valence-electron chi connectivity index (χ2n) is 3.84. The molecule has 2 unspecified atom stereocenters. The molecule has 0 saturated carbocycles. The molecule has 84 valence electrons. The standard InChI is InChI=1S/C12H15BrClF/c1-3-12(14)8(2)6-9-4-5-10(15)7-11(9)13/h4-5,7-8,12H,3,6H2,1-2H3. The Morgan fingerprint density at radius 1 is 1.47 bits per heavy atom. The minimum atomic E-state index is -0.212. The Morgan fingerprint density at radius 3 is 2.67 bits per heavy atom. The van der Waals surface area contributed by atoms with Crippen LogP contribution in [0.25, 0.3) is 0 Å². The van der Waals surface area contributed by atoms with Gasteiger partial charge in [-0.15, -0.1) is 11.6 Å². The number of rotatable bonds is 4. The molecular weight excluding hydrogens is 278 g/mol. The molecule has 0 aliphatic heterocycles. The van der Waals surface area contributed by atoms with Crippen molar-refractivity contribution >= 4 is 27.5 Å². The Labute approximate surface area is 104 Å². The third kappa shape index (κ3) is 3.76. The SMILES string of the molecule is CCC(Cl)C(C)Cc1ccc(F)cc1Br. The summed E-state index contributed by atoms with van der Waals surface area (Å²) in [6, 6.07) is 4.80. The van der Waals surface area contributed by atoms with Crippen LogP contribution in [0.15, 0.2) is 22.7 Å². The van der Waals surface area contributed by atoms with E-state index in [9.17, 15) is 4.39 Å². The Balaban J connectivity index is 2.72. The second-order valence-corrected chi connectivity index (χ2v) is 5.26. The highest BCUT2D eigenvalue weighted by atomic mass is 79.9. The summed E-state index contributed by atoms with van der Waals surface area (Å²) in [5.41, 5.74) is 1.11. The van der Waals surface area contributed by atoms with Crippen LogP contribution in [-0.4, -0.2) is 5.38 Å². The lowest BCUT2D eigenvalue weighted by molar-refractivity contribution is 0.529. The molecule has 0 aliphatic rings. The van der Waals surface area contributed by atoms with Crippen molar-refractivity contribution in [2.24, 2.45) is 5.92 Å². The zero-order chi connectivity index (χ0) is 11.4. The summed E-state index contributed by atoms with van der Waals surface area (Å²) in [4.78, 5) is 0. The van der Waals surface area contributed by atoms with Crippen LogP contribution in [0.2, 0.25) is 0 Å². The zero-order valence-electron chi connectivity index (χ0n) is 8.93. The van der Waals surface area contributed by atoms with Gasteiger partial charge in [0.25, 0.3) is 0 Å². The lowest BCUT2D eigenvalue weighted by Crippen LogP contribution is -2.13. The van der Waals surface area contributed by atoms with Crippen LogP contribution in [0.5, 0.6) is 0 Å². The van der Waals surface area contributed by atoms with Crippen molar-refractivity contribution < 1.29 is 4.39 Å². The lowest BCUT2D eigenvalue weighted by atomic mass is 9.96. The van der Waals surface area contributed by atoms with Gasteiger partial charge in [-0.2, -0.15) is 0 Å². The first-order chi connectivity index (χ1) is 7.04. The minimum absolute atomic E-state index is 0.182. The van der Waals surface area contributed by atoms with Crippen LogP contribution in [0, 0.1) is 11.7 Å². The van der Waals surface area contributed by atoms with Gasteiger partial charge >= 0.3 is 0 Å². The fraction of sp³-hybridized carbons (Fsp3) is 0.500. The predicted molar refractivity (Wildman–Crippen MR) is 66.9 cm³/mol.